The summed E-state index contributed by atoms with van der Waals surface area (Å²) in [5, 5.41) is 0. The summed E-state index contributed by atoms with van der Waals surface area (Å²) in [5.41, 5.74) is 0. The van der Waals surface area contributed by atoms with E-state index in [1.54, 1.807) is 18.2 Å². The maximum Gasteiger partial charge on any atom is 0.165 e. The van der Waals surface area contributed by atoms with Gasteiger partial charge >= 0.3 is 0 Å². The van der Waals surface area contributed by atoms with Crippen LogP contribution in [0.2, 0.25) is 0 Å². The number of nitrogens with zero attached hydrogens (tertiary/aromatic N) is 1. The van der Waals surface area contributed by atoms with Crippen molar-refractivity contribution >= 4 is 0 Å². The first-order valence-corrected chi connectivity index (χ1v) is 5.96. The van der Waals surface area contributed by atoms with Crippen LogP contribution < -0.4 is 4.74 Å². The fourth-order valence-corrected chi connectivity index (χ4v) is 1.93. The lowest BCUT2D eigenvalue weighted by molar-refractivity contribution is -0.00530. The van der Waals surface area contributed by atoms with Gasteiger partial charge in [-0.25, -0.2) is 4.39 Å². The Bertz CT molecular complexity index is 359. The Labute approximate surface area is 101 Å². The zero-order valence-electron chi connectivity index (χ0n) is 10.1. The number of hydrogen-bond donors (Lipinski definition) is 0. The number of rotatable bonds is 4. The van der Waals surface area contributed by atoms with Crippen LogP contribution >= 0.6 is 0 Å². The summed E-state index contributed by atoms with van der Waals surface area (Å²) in [5.74, 6) is 0.0240. The van der Waals surface area contributed by atoms with Crippen molar-refractivity contribution in [1.29, 1.82) is 0 Å². The zero-order valence-corrected chi connectivity index (χ0v) is 10.1. The molecule has 1 aromatic rings. The summed E-state index contributed by atoms with van der Waals surface area (Å²) in [6.07, 6.45) is 0. The Balaban J connectivity index is 1.77. The smallest absolute Gasteiger partial charge is 0.165 e. The maximum absolute atomic E-state index is 13.3. The van der Waals surface area contributed by atoms with Crippen molar-refractivity contribution in [2.24, 2.45) is 0 Å². The Hall–Kier alpha value is -1.13. The number of hydrogen-bond acceptors (Lipinski definition) is 3. The van der Waals surface area contributed by atoms with Crippen LogP contribution in [0.25, 0.3) is 0 Å². The molecule has 0 aromatic heterocycles. The predicted molar refractivity (Wildman–Crippen MR) is 63.7 cm³/mol. The predicted octanol–water partition coefficient (Wildman–Crippen LogP) is 1.93. The highest BCUT2D eigenvalue weighted by molar-refractivity contribution is 5.23. The van der Waals surface area contributed by atoms with E-state index in [2.05, 4.69) is 11.8 Å². The molecule has 1 heterocycles. The normalized spacial score (nSPS) is 21.4. The molecular weight excluding hydrogens is 221 g/mol. The van der Waals surface area contributed by atoms with Crippen LogP contribution in [0.4, 0.5) is 4.39 Å². The molecule has 0 radical (unpaired) electrons. The lowest BCUT2D eigenvalue weighted by Crippen LogP contribution is -2.45. The number of halogens is 1. The molecule has 1 fully saturated rings. The molecule has 0 bridgehead atoms. The van der Waals surface area contributed by atoms with Gasteiger partial charge in [-0.1, -0.05) is 12.1 Å². The van der Waals surface area contributed by atoms with Crippen molar-refractivity contribution in [2.75, 3.05) is 32.9 Å². The highest BCUT2D eigenvalue weighted by atomic mass is 19.1. The molecule has 17 heavy (non-hydrogen) atoms. The second-order valence-corrected chi connectivity index (χ2v) is 4.24. The number of ether oxygens (including phenoxy) is 2. The van der Waals surface area contributed by atoms with Gasteiger partial charge in [0.15, 0.2) is 11.6 Å². The van der Waals surface area contributed by atoms with Gasteiger partial charge in [-0.15, -0.1) is 0 Å². The Morgan fingerprint density at radius 1 is 1.47 bits per heavy atom. The van der Waals surface area contributed by atoms with E-state index in [0.29, 0.717) is 18.4 Å². The van der Waals surface area contributed by atoms with Crippen molar-refractivity contribution in [3.8, 4) is 5.75 Å². The first kappa shape index (κ1) is 12.3. The molecule has 1 saturated heterocycles. The van der Waals surface area contributed by atoms with Gasteiger partial charge in [-0.05, 0) is 19.1 Å². The molecule has 0 N–H and O–H groups in total. The third kappa shape index (κ3) is 3.41. The molecule has 94 valence electrons. The van der Waals surface area contributed by atoms with Gasteiger partial charge in [0.05, 0.1) is 13.2 Å². The molecule has 3 nitrogen and oxygen atoms in total. The molecule has 1 aliphatic rings. The Kier molecular flexibility index (Phi) is 4.34. The summed E-state index contributed by atoms with van der Waals surface area (Å²) in [7, 11) is 0. The summed E-state index contributed by atoms with van der Waals surface area (Å²) in [4.78, 5) is 2.30. The third-order valence-electron chi connectivity index (χ3n) is 2.98. The third-order valence-corrected chi connectivity index (χ3v) is 2.98. The Morgan fingerprint density at radius 2 is 2.29 bits per heavy atom. The average molecular weight is 239 g/mol. The molecule has 0 aliphatic carbocycles. The topological polar surface area (TPSA) is 21.7 Å². The summed E-state index contributed by atoms with van der Waals surface area (Å²) in [6.45, 7) is 5.89. The van der Waals surface area contributed by atoms with Crippen LogP contribution in [0.3, 0.4) is 0 Å². The molecule has 1 unspecified atom stereocenters. The van der Waals surface area contributed by atoms with Gasteiger partial charge in [0, 0.05) is 19.1 Å². The molecule has 1 atom stereocenters. The van der Waals surface area contributed by atoms with Crippen LogP contribution in [0, 0.1) is 5.82 Å². The summed E-state index contributed by atoms with van der Waals surface area (Å²) in [6, 6.07) is 6.90. The fraction of sp³-hybridized carbons (Fsp3) is 0.538. The summed E-state index contributed by atoms with van der Waals surface area (Å²) < 4.78 is 24.1. The zero-order chi connectivity index (χ0) is 12.1. The van der Waals surface area contributed by atoms with Crippen LogP contribution in [0.15, 0.2) is 24.3 Å². The van der Waals surface area contributed by atoms with E-state index in [0.717, 1.165) is 26.3 Å². The fourth-order valence-electron chi connectivity index (χ4n) is 1.93. The SMILES string of the molecule is CC1COCCN1CCOc1ccccc1F. The lowest BCUT2D eigenvalue weighted by atomic mass is 10.2. The van der Waals surface area contributed by atoms with Gasteiger partial charge in [0.1, 0.15) is 6.61 Å². The van der Waals surface area contributed by atoms with E-state index in [1.165, 1.54) is 6.07 Å². The van der Waals surface area contributed by atoms with Crippen molar-refractivity contribution in [2.45, 2.75) is 13.0 Å². The lowest BCUT2D eigenvalue weighted by Gasteiger charge is -2.32. The largest absolute Gasteiger partial charge is 0.489 e. The second kappa shape index (κ2) is 5.98. The highest BCUT2D eigenvalue weighted by Crippen LogP contribution is 2.15. The quantitative estimate of drug-likeness (QED) is 0.801. The van der Waals surface area contributed by atoms with Gasteiger partial charge in [0.25, 0.3) is 0 Å². The van der Waals surface area contributed by atoms with Crippen molar-refractivity contribution in [3.05, 3.63) is 30.1 Å². The van der Waals surface area contributed by atoms with Crippen LogP contribution in [-0.4, -0.2) is 43.9 Å². The van der Waals surface area contributed by atoms with Crippen molar-refractivity contribution in [3.63, 3.8) is 0 Å². The number of morpholine rings is 1. The van der Waals surface area contributed by atoms with E-state index < -0.39 is 0 Å². The van der Waals surface area contributed by atoms with E-state index in [4.69, 9.17) is 9.47 Å². The van der Waals surface area contributed by atoms with E-state index in [9.17, 15) is 4.39 Å². The first-order valence-electron chi connectivity index (χ1n) is 5.96. The molecule has 1 aromatic carbocycles. The van der Waals surface area contributed by atoms with Crippen LogP contribution in [-0.2, 0) is 4.74 Å². The second-order valence-electron chi connectivity index (χ2n) is 4.24. The van der Waals surface area contributed by atoms with Gasteiger partial charge < -0.3 is 9.47 Å². The molecule has 4 heteroatoms. The van der Waals surface area contributed by atoms with Gasteiger partial charge in [-0.2, -0.15) is 0 Å². The van der Waals surface area contributed by atoms with E-state index in [1.807, 2.05) is 0 Å². The van der Waals surface area contributed by atoms with E-state index in [-0.39, 0.29) is 5.82 Å². The highest BCUT2D eigenvalue weighted by Gasteiger charge is 2.18. The van der Waals surface area contributed by atoms with Crippen molar-refractivity contribution < 1.29 is 13.9 Å². The van der Waals surface area contributed by atoms with Crippen LogP contribution in [0.1, 0.15) is 6.92 Å². The standard InChI is InChI=1S/C13H18FNO2/c1-11-10-16-8-6-15(11)7-9-17-13-5-3-2-4-12(13)14/h2-5,11H,6-10H2,1H3. The van der Waals surface area contributed by atoms with Crippen LogP contribution in [0.5, 0.6) is 5.75 Å². The minimum absolute atomic E-state index is 0.303. The minimum Gasteiger partial charge on any atom is -0.489 e. The van der Waals surface area contributed by atoms with Gasteiger partial charge in [0.2, 0.25) is 0 Å². The maximum atomic E-state index is 13.3. The Morgan fingerprint density at radius 3 is 3.06 bits per heavy atom. The molecule has 0 amide bonds. The minimum atomic E-state index is -0.303. The molecule has 0 saturated carbocycles. The molecule has 2 rings (SSSR count). The van der Waals surface area contributed by atoms with Crippen molar-refractivity contribution in [1.82, 2.24) is 4.90 Å². The monoisotopic (exact) mass is 239 g/mol. The summed E-state index contributed by atoms with van der Waals surface area (Å²) >= 11 is 0. The average Bonchev–Trinajstić information content (AvgIpc) is 2.34. The number of para-hydroxylation sites is 1. The molecular formula is C13H18FNO2. The number of benzene rings is 1. The van der Waals surface area contributed by atoms with Gasteiger partial charge in [-0.3, -0.25) is 4.90 Å². The first-order chi connectivity index (χ1) is 8.27. The molecule has 1 aliphatic heterocycles. The van der Waals surface area contributed by atoms with E-state index >= 15 is 0 Å². The molecule has 0 spiro atoms.